The summed E-state index contributed by atoms with van der Waals surface area (Å²) in [7, 11) is 0. The van der Waals surface area contributed by atoms with Gasteiger partial charge in [-0.2, -0.15) is 0 Å². The Kier molecular flexibility index (Phi) is 3.74. The molecule has 0 radical (unpaired) electrons. The van der Waals surface area contributed by atoms with Crippen molar-refractivity contribution in [2.24, 2.45) is 0 Å². The maximum absolute atomic E-state index is 12.0. The average Bonchev–Trinajstić information content (AvgIpc) is 2.15. The highest BCUT2D eigenvalue weighted by Crippen LogP contribution is 2.31. The lowest BCUT2D eigenvalue weighted by atomic mass is 10.2. The van der Waals surface area contributed by atoms with E-state index in [-0.39, 0.29) is 10.9 Å². The fraction of sp³-hybridized carbons (Fsp3) is 0.250. The fourth-order valence-corrected chi connectivity index (χ4v) is 1.45. The van der Waals surface area contributed by atoms with E-state index in [1.165, 1.54) is 6.07 Å². The van der Waals surface area contributed by atoms with Gasteiger partial charge in [0.05, 0.1) is 11.0 Å². The van der Waals surface area contributed by atoms with Gasteiger partial charge in [-0.3, -0.25) is 10.1 Å². The number of nitro groups is 1. The molecule has 88 valence electrons. The monoisotopic (exact) mass is 299 g/mol. The predicted molar refractivity (Wildman–Crippen MR) is 52.4 cm³/mol. The van der Waals surface area contributed by atoms with Crippen molar-refractivity contribution in [2.75, 3.05) is 0 Å². The van der Waals surface area contributed by atoms with E-state index in [2.05, 4.69) is 20.7 Å². The smallest absolute Gasteiger partial charge is 0.405 e. The second-order valence-corrected chi connectivity index (χ2v) is 3.29. The van der Waals surface area contributed by atoms with Crippen LogP contribution in [0.4, 0.5) is 18.9 Å². The largest absolute Gasteiger partial charge is 0.573 e. The number of ether oxygens (including phenoxy) is 1. The highest BCUT2D eigenvalue weighted by Gasteiger charge is 2.32. The zero-order valence-electron chi connectivity index (χ0n) is 7.62. The molecular formula is C8H5BrF3NO3. The molecule has 1 aromatic rings. The molecule has 0 saturated carbocycles. The quantitative estimate of drug-likeness (QED) is 0.488. The Balaban J connectivity index is 3.12. The van der Waals surface area contributed by atoms with E-state index in [4.69, 9.17) is 0 Å². The van der Waals surface area contributed by atoms with Gasteiger partial charge in [0.25, 0.3) is 5.69 Å². The summed E-state index contributed by atoms with van der Waals surface area (Å²) in [4.78, 5) is 9.58. The van der Waals surface area contributed by atoms with Gasteiger partial charge < -0.3 is 4.74 Å². The molecule has 0 spiro atoms. The van der Waals surface area contributed by atoms with Crippen LogP contribution in [0.15, 0.2) is 18.2 Å². The van der Waals surface area contributed by atoms with Gasteiger partial charge >= 0.3 is 6.36 Å². The van der Waals surface area contributed by atoms with Crippen LogP contribution in [0.25, 0.3) is 0 Å². The summed E-state index contributed by atoms with van der Waals surface area (Å²) in [5.74, 6) is -0.571. The van der Waals surface area contributed by atoms with Gasteiger partial charge in [0.2, 0.25) is 0 Å². The van der Waals surface area contributed by atoms with E-state index in [0.29, 0.717) is 0 Å². The average molecular weight is 300 g/mol. The minimum Gasteiger partial charge on any atom is -0.405 e. The number of hydrogen-bond acceptors (Lipinski definition) is 3. The molecule has 0 atom stereocenters. The molecule has 0 unspecified atom stereocenters. The molecule has 0 aliphatic heterocycles. The number of alkyl halides is 4. The minimum atomic E-state index is -4.87. The molecule has 16 heavy (non-hydrogen) atoms. The lowest BCUT2D eigenvalue weighted by Crippen LogP contribution is -2.18. The molecule has 0 N–H and O–H groups in total. The van der Waals surface area contributed by atoms with Crippen LogP contribution in [0.1, 0.15) is 5.56 Å². The maximum atomic E-state index is 12.0. The molecule has 8 heteroatoms. The van der Waals surface area contributed by atoms with Crippen LogP contribution in [0.2, 0.25) is 0 Å². The third kappa shape index (κ3) is 3.37. The number of benzene rings is 1. The molecule has 0 aliphatic rings. The summed E-state index contributed by atoms with van der Waals surface area (Å²) in [6, 6.07) is 3.05. The molecule has 1 rings (SSSR count). The summed E-state index contributed by atoms with van der Waals surface area (Å²) >= 11 is 2.96. The Morgan fingerprint density at radius 2 is 2.06 bits per heavy atom. The highest BCUT2D eigenvalue weighted by molar-refractivity contribution is 9.08. The SMILES string of the molecule is O=[N+]([O-])c1ccc(CBr)c(OC(F)(F)F)c1. The number of nitro benzene ring substituents is 1. The van der Waals surface area contributed by atoms with Gasteiger partial charge in [0.1, 0.15) is 5.75 Å². The summed E-state index contributed by atoms with van der Waals surface area (Å²) < 4.78 is 39.6. The Hall–Kier alpha value is -1.31. The standard InChI is InChI=1S/C8H5BrF3NO3/c9-4-5-1-2-6(13(14)15)3-7(5)16-8(10,11)12/h1-3H,4H2. The number of hydrogen-bond donors (Lipinski definition) is 0. The molecule has 0 amide bonds. The van der Waals surface area contributed by atoms with Crippen LogP contribution in [-0.4, -0.2) is 11.3 Å². The molecule has 0 aliphatic carbocycles. The van der Waals surface area contributed by atoms with Crippen molar-refractivity contribution in [3.63, 3.8) is 0 Å². The van der Waals surface area contributed by atoms with Crippen molar-refractivity contribution in [1.82, 2.24) is 0 Å². The van der Waals surface area contributed by atoms with Crippen LogP contribution < -0.4 is 4.74 Å². The van der Waals surface area contributed by atoms with Crippen molar-refractivity contribution in [1.29, 1.82) is 0 Å². The first kappa shape index (κ1) is 12.8. The minimum absolute atomic E-state index is 0.108. The molecular weight excluding hydrogens is 295 g/mol. The van der Waals surface area contributed by atoms with Crippen molar-refractivity contribution in [3.05, 3.63) is 33.9 Å². The first-order chi connectivity index (χ1) is 7.33. The molecule has 0 fully saturated rings. The molecule has 0 bridgehead atoms. The third-order valence-electron chi connectivity index (χ3n) is 1.63. The van der Waals surface area contributed by atoms with Crippen LogP contribution in [-0.2, 0) is 5.33 Å². The van der Waals surface area contributed by atoms with E-state index >= 15 is 0 Å². The molecule has 1 aromatic carbocycles. The van der Waals surface area contributed by atoms with Gasteiger partial charge in [-0.1, -0.05) is 15.9 Å². The van der Waals surface area contributed by atoms with Crippen LogP contribution in [0.3, 0.4) is 0 Å². The van der Waals surface area contributed by atoms with Crippen LogP contribution in [0, 0.1) is 10.1 Å². The molecule has 4 nitrogen and oxygen atoms in total. The number of non-ortho nitro benzene ring substituents is 1. The number of rotatable bonds is 3. The lowest BCUT2D eigenvalue weighted by Gasteiger charge is -2.11. The Bertz CT molecular complexity index is 408. The van der Waals surface area contributed by atoms with Gasteiger partial charge in [-0.15, -0.1) is 13.2 Å². The van der Waals surface area contributed by atoms with Gasteiger partial charge in [0.15, 0.2) is 0 Å². The summed E-state index contributed by atoms with van der Waals surface area (Å²) in [6.45, 7) is 0. The Labute approximate surface area is 96.3 Å². The van der Waals surface area contributed by atoms with Crippen molar-refractivity contribution < 1.29 is 22.8 Å². The van der Waals surface area contributed by atoms with Crippen molar-refractivity contribution in [3.8, 4) is 5.75 Å². The number of halogens is 4. The zero-order valence-corrected chi connectivity index (χ0v) is 9.21. The third-order valence-corrected chi connectivity index (χ3v) is 2.24. The van der Waals surface area contributed by atoms with E-state index in [1.54, 1.807) is 0 Å². The second kappa shape index (κ2) is 4.69. The molecule has 0 saturated heterocycles. The van der Waals surface area contributed by atoms with Crippen LogP contribution >= 0.6 is 15.9 Å². The van der Waals surface area contributed by atoms with E-state index in [0.717, 1.165) is 12.1 Å². The van der Waals surface area contributed by atoms with E-state index < -0.39 is 22.7 Å². The first-order valence-corrected chi connectivity index (χ1v) is 5.04. The van der Waals surface area contributed by atoms with Crippen LogP contribution in [0.5, 0.6) is 5.75 Å². The highest BCUT2D eigenvalue weighted by atomic mass is 79.9. The van der Waals surface area contributed by atoms with Crippen molar-refractivity contribution in [2.45, 2.75) is 11.7 Å². The normalized spacial score (nSPS) is 11.2. The topological polar surface area (TPSA) is 52.4 Å². The predicted octanol–water partition coefficient (Wildman–Crippen LogP) is 3.39. The summed E-state index contributed by atoms with van der Waals surface area (Å²) in [6.07, 6.45) is -4.87. The van der Waals surface area contributed by atoms with E-state index in [9.17, 15) is 23.3 Å². The fourth-order valence-electron chi connectivity index (χ4n) is 0.987. The Morgan fingerprint density at radius 3 is 2.50 bits per heavy atom. The van der Waals surface area contributed by atoms with Crippen molar-refractivity contribution >= 4 is 21.6 Å². The zero-order chi connectivity index (χ0) is 12.3. The second-order valence-electron chi connectivity index (χ2n) is 2.73. The van der Waals surface area contributed by atoms with Gasteiger partial charge in [-0.25, -0.2) is 0 Å². The maximum Gasteiger partial charge on any atom is 0.573 e. The molecule has 0 aromatic heterocycles. The lowest BCUT2D eigenvalue weighted by molar-refractivity contribution is -0.385. The van der Waals surface area contributed by atoms with E-state index in [1.807, 2.05) is 0 Å². The van der Waals surface area contributed by atoms with Gasteiger partial charge in [-0.05, 0) is 6.07 Å². The number of nitrogens with zero attached hydrogens (tertiary/aromatic N) is 1. The summed E-state index contributed by atoms with van der Waals surface area (Å²) in [5.41, 5.74) is -0.271. The summed E-state index contributed by atoms with van der Waals surface area (Å²) in [5, 5.41) is 10.5. The molecule has 0 heterocycles. The van der Waals surface area contributed by atoms with Gasteiger partial charge in [0, 0.05) is 17.0 Å². The Morgan fingerprint density at radius 1 is 1.44 bits per heavy atom. The first-order valence-electron chi connectivity index (χ1n) is 3.92.